The number of pyridine rings is 1. The number of aromatic hydroxyl groups is 1. The Morgan fingerprint density at radius 3 is 3.00 bits per heavy atom. The van der Waals surface area contributed by atoms with Gasteiger partial charge in [0.25, 0.3) is 0 Å². The summed E-state index contributed by atoms with van der Waals surface area (Å²) < 4.78 is 6.42. The first kappa shape index (κ1) is 13.4. The number of rotatable bonds is 4. The zero-order valence-corrected chi connectivity index (χ0v) is 11.2. The molecule has 1 atom stereocenters. The van der Waals surface area contributed by atoms with E-state index in [0.29, 0.717) is 17.8 Å². The van der Waals surface area contributed by atoms with Gasteiger partial charge < -0.3 is 15.2 Å². The number of hydrogen-bond donors (Lipinski definition) is 2. The van der Waals surface area contributed by atoms with Crippen molar-refractivity contribution in [3.63, 3.8) is 0 Å². The number of methoxy groups -OCH3 is 1. The first-order chi connectivity index (χ1) is 9.08. The number of fused-ring (bicyclic) bond motifs is 1. The van der Waals surface area contributed by atoms with E-state index in [-0.39, 0.29) is 17.5 Å². The van der Waals surface area contributed by atoms with E-state index in [1.165, 1.54) is 13.2 Å². The van der Waals surface area contributed by atoms with Crippen LogP contribution in [0.4, 0.5) is 0 Å². The van der Waals surface area contributed by atoms with Crippen LogP contribution in [-0.4, -0.2) is 40.7 Å². The monoisotopic (exact) mass is 263 g/mol. The van der Waals surface area contributed by atoms with Gasteiger partial charge in [0, 0.05) is 18.7 Å². The predicted molar refractivity (Wildman–Crippen MR) is 70.4 cm³/mol. The van der Waals surface area contributed by atoms with Crippen LogP contribution >= 0.6 is 0 Å². The van der Waals surface area contributed by atoms with Crippen molar-refractivity contribution in [3.05, 3.63) is 29.8 Å². The van der Waals surface area contributed by atoms with Gasteiger partial charge in [0.2, 0.25) is 0 Å². The maximum absolute atomic E-state index is 11.7. The summed E-state index contributed by atoms with van der Waals surface area (Å²) in [7, 11) is 3.16. The van der Waals surface area contributed by atoms with E-state index in [1.807, 2.05) is 14.0 Å². The van der Waals surface area contributed by atoms with Crippen LogP contribution in [0.15, 0.2) is 18.3 Å². The van der Waals surface area contributed by atoms with Crippen LogP contribution in [0.25, 0.3) is 5.52 Å². The van der Waals surface area contributed by atoms with Crippen LogP contribution in [0.3, 0.4) is 0 Å². The third-order valence-electron chi connectivity index (χ3n) is 3.08. The molecule has 2 N–H and O–H groups in total. The largest absolute Gasteiger partial charge is 0.506 e. The van der Waals surface area contributed by atoms with Crippen molar-refractivity contribution in [1.29, 1.82) is 0 Å². The number of carbonyl (C=O) groups is 1. The molecule has 6 nitrogen and oxygen atoms in total. The second kappa shape index (κ2) is 5.27. The molecule has 2 aromatic rings. The third-order valence-corrected chi connectivity index (χ3v) is 3.08. The molecule has 6 heteroatoms. The van der Waals surface area contributed by atoms with Crippen LogP contribution in [-0.2, 0) is 11.2 Å². The molecular formula is C13H17N3O3. The first-order valence-electron chi connectivity index (χ1n) is 6.03. The summed E-state index contributed by atoms with van der Waals surface area (Å²) >= 11 is 0. The van der Waals surface area contributed by atoms with E-state index in [9.17, 15) is 9.90 Å². The minimum Gasteiger partial charge on any atom is -0.506 e. The number of imidazole rings is 1. The zero-order chi connectivity index (χ0) is 14.0. The van der Waals surface area contributed by atoms with Crippen LogP contribution in [0, 0.1) is 0 Å². The fourth-order valence-electron chi connectivity index (χ4n) is 1.94. The van der Waals surface area contributed by atoms with Crippen molar-refractivity contribution in [1.82, 2.24) is 14.7 Å². The van der Waals surface area contributed by atoms with Gasteiger partial charge in [0.05, 0.1) is 7.11 Å². The van der Waals surface area contributed by atoms with Gasteiger partial charge in [0.15, 0.2) is 5.69 Å². The lowest BCUT2D eigenvalue weighted by Crippen LogP contribution is -2.24. The molecule has 0 fully saturated rings. The Bertz CT molecular complexity index is 606. The average Bonchev–Trinajstić information content (AvgIpc) is 2.78. The number of carbonyl (C=O) groups excluding carboxylic acids is 1. The summed E-state index contributed by atoms with van der Waals surface area (Å²) in [5.41, 5.74) is 0.520. The maximum atomic E-state index is 11.7. The lowest BCUT2D eigenvalue weighted by atomic mass is 10.2. The second-order valence-electron chi connectivity index (χ2n) is 4.37. The van der Waals surface area contributed by atoms with E-state index in [0.717, 1.165) is 0 Å². The summed E-state index contributed by atoms with van der Waals surface area (Å²) in [6, 6.07) is 3.44. The topological polar surface area (TPSA) is 75.9 Å². The lowest BCUT2D eigenvalue weighted by molar-refractivity contribution is 0.0596. The molecule has 0 amide bonds. The Kier molecular flexibility index (Phi) is 3.71. The Morgan fingerprint density at radius 1 is 1.63 bits per heavy atom. The molecule has 0 aromatic carbocycles. The van der Waals surface area contributed by atoms with E-state index < -0.39 is 5.97 Å². The van der Waals surface area contributed by atoms with Crippen molar-refractivity contribution in [2.24, 2.45) is 0 Å². The molecule has 0 aliphatic rings. The molecule has 0 saturated carbocycles. The fraction of sp³-hybridized carbons (Fsp3) is 0.385. The summed E-state index contributed by atoms with van der Waals surface area (Å²) in [4.78, 5) is 16.0. The highest BCUT2D eigenvalue weighted by atomic mass is 16.5. The standard InChI is InChI=1S/C13H17N3O3/c1-8(14-2)7-10-15-11(13(18)19-3)12-9(17)5-4-6-16(10)12/h4-6,8,14,17H,7H2,1-3H3. The highest BCUT2D eigenvalue weighted by Crippen LogP contribution is 2.24. The van der Waals surface area contributed by atoms with Gasteiger partial charge in [-0.15, -0.1) is 0 Å². The number of hydrogen-bond acceptors (Lipinski definition) is 5. The number of nitrogens with one attached hydrogen (secondary N) is 1. The molecule has 102 valence electrons. The van der Waals surface area contributed by atoms with Gasteiger partial charge in [-0.3, -0.25) is 4.40 Å². The molecule has 2 aromatic heterocycles. The van der Waals surface area contributed by atoms with E-state index in [4.69, 9.17) is 4.74 Å². The lowest BCUT2D eigenvalue weighted by Gasteiger charge is -2.08. The number of nitrogens with zero attached hydrogens (tertiary/aromatic N) is 2. The molecular weight excluding hydrogens is 246 g/mol. The third kappa shape index (κ3) is 2.39. The minimum absolute atomic E-state index is 0.0127. The first-order valence-corrected chi connectivity index (χ1v) is 6.03. The number of esters is 1. The number of aromatic nitrogens is 2. The molecule has 0 aliphatic heterocycles. The predicted octanol–water partition coefficient (Wildman–Crippen LogP) is 0.977. The molecule has 0 spiro atoms. The quantitative estimate of drug-likeness (QED) is 0.804. The molecule has 2 rings (SSSR count). The molecule has 2 heterocycles. The summed E-state index contributed by atoms with van der Waals surface area (Å²) in [5.74, 6) is 0.161. The Morgan fingerprint density at radius 2 is 2.37 bits per heavy atom. The van der Waals surface area contributed by atoms with E-state index in [1.54, 1.807) is 16.7 Å². The van der Waals surface area contributed by atoms with Crippen molar-refractivity contribution in [2.45, 2.75) is 19.4 Å². The SMILES string of the molecule is CNC(C)Cc1nc(C(=O)OC)c2c(O)cccn12. The zero-order valence-electron chi connectivity index (χ0n) is 11.2. The van der Waals surface area contributed by atoms with Gasteiger partial charge >= 0.3 is 5.97 Å². The highest BCUT2D eigenvalue weighted by Gasteiger charge is 2.21. The van der Waals surface area contributed by atoms with Crippen LogP contribution < -0.4 is 5.32 Å². The molecule has 1 unspecified atom stereocenters. The molecule has 0 radical (unpaired) electrons. The van der Waals surface area contributed by atoms with Crippen LogP contribution in [0.5, 0.6) is 5.75 Å². The fourth-order valence-corrected chi connectivity index (χ4v) is 1.94. The van der Waals surface area contributed by atoms with Gasteiger partial charge in [-0.2, -0.15) is 0 Å². The van der Waals surface area contributed by atoms with E-state index in [2.05, 4.69) is 10.3 Å². The van der Waals surface area contributed by atoms with E-state index >= 15 is 0 Å². The number of likely N-dealkylation sites (N-methyl/N-ethyl adjacent to an activating group) is 1. The van der Waals surface area contributed by atoms with Crippen LogP contribution in [0.1, 0.15) is 23.2 Å². The Labute approximate surface area is 111 Å². The molecule has 0 aliphatic carbocycles. The normalized spacial score (nSPS) is 12.6. The van der Waals surface area contributed by atoms with Gasteiger partial charge in [-0.1, -0.05) is 0 Å². The maximum Gasteiger partial charge on any atom is 0.359 e. The molecule has 0 bridgehead atoms. The second-order valence-corrected chi connectivity index (χ2v) is 4.37. The van der Waals surface area contributed by atoms with Gasteiger partial charge in [-0.05, 0) is 26.1 Å². The van der Waals surface area contributed by atoms with Crippen molar-refractivity contribution in [2.75, 3.05) is 14.2 Å². The summed E-state index contributed by atoms with van der Waals surface area (Å²) in [5, 5.41) is 13.0. The molecule has 0 saturated heterocycles. The Hall–Kier alpha value is -2.08. The number of ether oxygens (including phenoxy) is 1. The van der Waals surface area contributed by atoms with Crippen molar-refractivity contribution < 1.29 is 14.6 Å². The molecule has 19 heavy (non-hydrogen) atoms. The minimum atomic E-state index is -0.553. The smallest absolute Gasteiger partial charge is 0.359 e. The van der Waals surface area contributed by atoms with Crippen molar-refractivity contribution >= 4 is 11.5 Å². The summed E-state index contributed by atoms with van der Waals surface area (Å²) in [6.45, 7) is 2.02. The highest BCUT2D eigenvalue weighted by molar-refractivity contribution is 5.96. The van der Waals surface area contributed by atoms with Crippen LogP contribution in [0.2, 0.25) is 0 Å². The Balaban J connectivity index is 2.60. The summed E-state index contributed by atoms with van der Waals surface area (Å²) in [6.07, 6.45) is 2.41. The van der Waals surface area contributed by atoms with Gasteiger partial charge in [0.1, 0.15) is 17.1 Å². The van der Waals surface area contributed by atoms with Crippen molar-refractivity contribution in [3.8, 4) is 5.75 Å². The average molecular weight is 263 g/mol. The van der Waals surface area contributed by atoms with Gasteiger partial charge in [-0.25, -0.2) is 9.78 Å².